The molecule has 0 radical (unpaired) electrons. The van der Waals surface area contributed by atoms with E-state index in [0.717, 1.165) is 12.3 Å². The van der Waals surface area contributed by atoms with Crippen molar-refractivity contribution in [3.8, 4) is 0 Å². The first-order chi connectivity index (χ1) is 8.33. The molecular weight excluding hydrogens is 343 g/mol. The number of halogens is 1. The summed E-state index contributed by atoms with van der Waals surface area (Å²) in [4.78, 5) is 6.53. The first kappa shape index (κ1) is 12.4. The highest BCUT2D eigenvalue weighted by Gasteiger charge is 2.22. The van der Waals surface area contributed by atoms with Crippen molar-refractivity contribution in [3.63, 3.8) is 0 Å². The van der Waals surface area contributed by atoms with E-state index in [0.29, 0.717) is 0 Å². The zero-order valence-electron chi connectivity index (χ0n) is 10.1. The fourth-order valence-electron chi connectivity index (χ4n) is 2.88. The highest BCUT2D eigenvalue weighted by atomic mass is 127. The second-order valence-electron chi connectivity index (χ2n) is 5.17. The first-order valence-electron chi connectivity index (χ1n) is 6.72. The molecule has 1 fully saturated rings. The van der Waals surface area contributed by atoms with Crippen LogP contribution in [0.15, 0.2) is 0 Å². The molecule has 3 rings (SSSR count). The van der Waals surface area contributed by atoms with Gasteiger partial charge in [-0.3, -0.25) is 0 Å². The minimum Gasteiger partial charge on any atom is -0.247 e. The van der Waals surface area contributed by atoms with Crippen LogP contribution in [0, 0.1) is 0 Å². The molecule has 1 aliphatic heterocycles. The standard InChI is InChI=1S/C13H19IN2S/c14-16-8-6-11-12(7-9-16)17-13(15-11)10-4-2-1-3-5-10/h10H,1-9H2. The molecule has 2 heterocycles. The van der Waals surface area contributed by atoms with Crippen LogP contribution in [-0.2, 0) is 12.8 Å². The molecule has 0 spiro atoms. The zero-order chi connectivity index (χ0) is 11.7. The van der Waals surface area contributed by atoms with Gasteiger partial charge in [-0.2, -0.15) is 0 Å². The molecule has 4 heteroatoms. The van der Waals surface area contributed by atoms with Gasteiger partial charge in [0.15, 0.2) is 0 Å². The van der Waals surface area contributed by atoms with Gasteiger partial charge in [-0.1, -0.05) is 19.3 Å². The lowest BCUT2D eigenvalue weighted by molar-refractivity contribution is 0.441. The predicted octanol–water partition coefficient (Wildman–Crippen LogP) is 3.94. The highest BCUT2D eigenvalue weighted by Crippen LogP contribution is 2.36. The van der Waals surface area contributed by atoms with Crippen LogP contribution in [0.25, 0.3) is 0 Å². The third kappa shape index (κ3) is 2.84. The average Bonchev–Trinajstić information content (AvgIpc) is 2.71. The number of rotatable bonds is 1. The average molecular weight is 362 g/mol. The lowest BCUT2D eigenvalue weighted by Gasteiger charge is -2.19. The molecule has 94 valence electrons. The Hall–Kier alpha value is 0.320. The van der Waals surface area contributed by atoms with Crippen LogP contribution in [0.4, 0.5) is 0 Å². The molecule has 0 amide bonds. The van der Waals surface area contributed by atoms with Crippen molar-refractivity contribution in [1.82, 2.24) is 8.10 Å². The Morgan fingerprint density at radius 2 is 1.88 bits per heavy atom. The highest BCUT2D eigenvalue weighted by molar-refractivity contribution is 14.1. The van der Waals surface area contributed by atoms with Gasteiger partial charge in [0.2, 0.25) is 0 Å². The minimum atomic E-state index is 0.788. The van der Waals surface area contributed by atoms with Gasteiger partial charge in [-0.25, -0.2) is 8.10 Å². The summed E-state index contributed by atoms with van der Waals surface area (Å²) >= 11 is 4.46. The molecule has 2 nitrogen and oxygen atoms in total. The summed E-state index contributed by atoms with van der Waals surface area (Å²) in [5.41, 5.74) is 1.41. The Morgan fingerprint density at radius 3 is 2.71 bits per heavy atom. The monoisotopic (exact) mass is 362 g/mol. The smallest absolute Gasteiger partial charge is 0.0962 e. The molecule has 0 bridgehead atoms. The Balaban J connectivity index is 1.77. The van der Waals surface area contributed by atoms with Gasteiger partial charge in [0.1, 0.15) is 0 Å². The van der Waals surface area contributed by atoms with Crippen LogP contribution in [0.3, 0.4) is 0 Å². The number of fused-ring (bicyclic) bond motifs is 1. The third-order valence-electron chi connectivity index (χ3n) is 3.92. The molecule has 0 atom stereocenters. The fourth-order valence-corrected chi connectivity index (χ4v) is 4.63. The van der Waals surface area contributed by atoms with Gasteiger partial charge in [-0.05, 0) is 19.3 Å². The molecule has 0 aromatic carbocycles. The van der Waals surface area contributed by atoms with E-state index in [2.05, 4.69) is 26.0 Å². The molecule has 17 heavy (non-hydrogen) atoms. The quantitative estimate of drug-likeness (QED) is 0.556. The van der Waals surface area contributed by atoms with Gasteiger partial charge in [0.25, 0.3) is 0 Å². The SMILES string of the molecule is IN1CCc2nc(C3CCCCC3)sc2CC1. The number of hydrogen-bond acceptors (Lipinski definition) is 3. The van der Waals surface area contributed by atoms with Gasteiger partial charge < -0.3 is 0 Å². The van der Waals surface area contributed by atoms with Crippen LogP contribution >= 0.6 is 34.2 Å². The third-order valence-corrected chi connectivity index (χ3v) is 6.21. The fraction of sp³-hybridized carbons (Fsp3) is 0.769. The van der Waals surface area contributed by atoms with Crippen molar-refractivity contribution < 1.29 is 0 Å². The molecule has 1 aromatic heterocycles. The van der Waals surface area contributed by atoms with Crippen molar-refractivity contribution in [2.75, 3.05) is 13.1 Å². The molecule has 0 saturated heterocycles. The van der Waals surface area contributed by atoms with E-state index in [9.17, 15) is 0 Å². The Bertz CT molecular complexity index is 359. The summed E-state index contributed by atoms with van der Waals surface area (Å²) in [6.07, 6.45) is 9.39. The predicted molar refractivity (Wildman–Crippen MR) is 80.9 cm³/mol. The largest absolute Gasteiger partial charge is 0.247 e. The topological polar surface area (TPSA) is 16.1 Å². The van der Waals surface area contributed by atoms with E-state index in [1.165, 1.54) is 62.3 Å². The van der Waals surface area contributed by atoms with Crippen LogP contribution in [-0.4, -0.2) is 21.2 Å². The van der Waals surface area contributed by atoms with Crippen LogP contribution < -0.4 is 0 Å². The van der Waals surface area contributed by atoms with E-state index in [-0.39, 0.29) is 0 Å². The van der Waals surface area contributed by atoms with Crippen LogP contribution in [0.5, 0.6) is 0 Å². The zero-order valence-corrected chi connectivity index (χ0v) is 13.1. The molecule has 1 aliphatic carbocycles. The molecule has 2 aliphatic rings. The maximum atomic E-state index is 4.96. The maximum absolute atomic E-state index is 4.96. The molecular formula is C13H19IN2S. The number of aromatic nitrogens is 1. The van der Waals surface area contributed by atoms with Crippen LogP contribution in [0.1, 0.15) is 53.6 Å². The second-order valence-corrected chi connectivity index (χ2v) is 7.65. The van der Waals surface area contributed by atoms with Gasteiger partial charge in [0.05, 0.1) is 10.7 Å². The van der Waals surface area contributed by atoms with Crippen LogP contribution in [0.2, 0.25) is 0 Å². The van der Waals surface area contributed by atoms with Crippen molar-refractivity contribution in [2.45, 2.75) is 50.9 Å². The summed E-state index contributed by atoms with van der Waals surface area (Å²) in [6.45, 7) is 2.36. The normalized spacial score (nSPS) is 23.4. The Labute approximate surface area is 121 Å². The molecule has 1 aromatic rings. The number of nitrogens with zero attached hydrogens (tertiary/aromatic N) is 2. The summed E-state index contributed by atoms with van der Waals surface area (Å²) in [7, 11) is 0. The van der Waals surface area contributed by atoms with Crippen molar-refractivity contribution in [2.24, 2.45) is 0 Å². The van der Waals surface area contributed by atoms with E-state index in [1.807, 2.05) is 11.3 Å². The van der Waals surface area contributed by atoms with Gasteiger partial charge in [0, 0.05) is 53.2 Å². The van der Waals surface area contributed by atoms with E-state index >= 15 is 0 Å². The summed E-state index contributed by atoms with van der Waals surface area (Å²) in [6, 6.07) is 0. The summed E-state index contributed by atoms with van der Waals surface area (Å²) in [5.74, 6) is 0.788. The van der Waals surface area contributed by atoms with Gasteiger partial charge in [-0.15, -0.1) is 11.3 Å². The van der Waals surface area contributed by atoms with E-state index < -0.39 is 0 Å². The Kier molecular flexibility index (Phi) is 4.02. The maximum Gasteiger partial charge on any atom is 0.0962 e. The molecule has 1 saturated carbocycles. The summed E-state index contributed by atoms with van der Waals surface area (Å²) < 4.78 is 2.40. The first-order valence-corrected chi connectivity index (χ1v) is 8.50. The van der Waals surface area contributed by atoms with Gasteiger partial charge >= 0.3 is 0 Å². The lowest BCUT2D eigenvalue weighted by Crippen LogP contribution is -2.14. The van der Waals surface area contributed by atoms with Crippen molar-refractivity contribution >= 4 is 34.2 Å². The van der Waals surface area contributed by atoms with Crippen molar-refractivity contribution in [3.05, 3.63) is 15.6 Å². The molecule has 0 unspecified atom stereocenters. The molecule has 0 N–H and O–H groups in total. The number of thiazole rings is 1. The number of hydrogen-bond donors (Lipinski definition) is 0. The van der Waals surface area contributed by atoms with E-state index in [4.69, 9.17) is 4.98 Å². The lowest BCUT2D eigenvalue weighted by atomic mass is 9.90. The minimum absolute atomic E-state index is 0.788. The van der Waals surface area contributed by atoms with E-state index in [1.54, 1.807) is 4.88 Å². The Morgan fingerprint density at radius 1 is 1.12 bits per heavy atom. The summed E-state index contributed by atoms with van der Waals surface area (Å²) in [5, 5.41) is 1.46. The van der Waals surface area contributed by atoms with Crippen molar-refractivity contribution in [1.29, 1.82) is 0 Å². The second kappa shape index (κ2) is 5.53.